The van der Waals surface area contributed by atoms with Gasteiger partial charge in [-0.1, -0.05) is 11.6 Å². The summed E-state index contributed by atoms with van der Waals surface area (Å²) in [6.45, 7) is 0. The van der Waals surface area contributed by atoms with Crippen LogP contribution < -0.4 is 0 Å². The van der Waals surface area contributed by atoms with Crippen LogP contribution in [0.4, 0.5) is 0 Å². The highest BCUT2D eigenvalue weighted by molar-refractivity contribution is 5.40. The van der Waals surface area contributed by atoms with E-state index in [4.69, 9.17) is 4.74 Å². The van der Waals surface area contributed by atoms with E-state index in [1.807, 2.05) is 7.11 Å². The molecule has 0 aromatic carbocycles. The van der Waals surface area contributed by atoms with E-state index in [0.717, 1.165) is 12.3 Å². The molecule has 1 fully saturated rings. The molecule has 1 saturated carbocycles. The summed E-state index contributed by atoms with van der Waals surface area (Å²) < 4.78 is 5.63. The summed E-state index contributed by atoms with van der Waals surface area (Å²) in [6, 6.07) is 0. The van der Waals surface area contributed by atoms with E-state index < -0.39 is 0 Å². The maximum Gasteiger partial charge on any atom is 0.0904 e. The van der Waals surface area contributed by atoms with Crippen LogP contribution in [0, 0.1) is 5.92 Å². The average molecular weight is 162 g/mol. The molecule has 0 heterocycles. The SMILES string of the molecule is COC12C=C3C=C(CC(C3)C1)C2. The Morgan fingerprint density at radius 3 is 3.08 bits per heavy atom. The third-order valence-corrected chi connectivity index (χ3v) is 3.48. The van der Waals surface area contributed by atoms with Crippen molar-refractivity contribution >= 4 is 0 Å². The van der Waals surface area contributed by atoms with Crippen molar-refractivity contribution in [2.75, 3.05) is 7.11 Å². The number of ether oxygens (including phenoxy) is 1. The van der Waals surface area contributed by atoms with Crippen LogP contribution in [0.3, 0.4) is 0 Å². The van der Waals surface area contributed by atoms with E-state index in [2.05, 4.69) is 12.2 Å². The van der Waals surface area contributed by atoms with Gasteiger partial charge in [0.05, 0.1) is 5.60 Å². The lowest BCUT2D eigenvalue weighted by atomic mass is 9.64. The van der Waals surface area contributed by atoms with Gasteiger partial charge in [-0.2, -0.15) is 0 Å². The standard InChI is InChI=1S/C11H14O/c1-12-11-5-8-2-9(6-11)4-10(3-8)7-11/h2,5,10H,3-4,6-7H2,1H3. The lowest BCUT2D eigenvalue weighted by molar-refractivity contribution is -0.00971. The van der Waals surface area contributed by atoms with Crippen molar-refractivity contribution in [2.45, 2.75) is 31.3 Å². The molecule has 0 saturated heterocycles. The number of methoxy groups -OCH3 is 1. The fourth-order valence-corrected chi connectivity index (χ4v) is 3.13. The van der Waals surface area contributed by atoms with Gasteiger partial charge in [-0.25, -0.2) is 0 Å². The Hall–Kier alpha value is -0.560. The molecular weight excluding hydrogens is 148 g/mol. The lowest BCUT2D eigenvalue weighted by Gasteiger charge is -2.46. The van der Waals surface area contributed by atoms with Crippen molar-refractivity contribution in [2.24, 2.45) is 5.92 Å². The number of hydrogen-bond donors (Lipinski definition) is 0. The molecule has 1 nitrogen and oxygen atoms in total. The Kier molecular flexibility index (Phi) is 1.16. The number of hydrogen-bond acceptors (Lipinski definition) is 1. The molecule has 4 aliphatic carbocycles. The minimum Gasteiger partial charge on any atom is -0.374 e. The zero-order valence-corrected chi connectivity index (χ0v) is 7.47. The van der Waals surface area contributed by atoms with E-state index in [0.29, 0.717) is 0 Å². The molecule has 4 bridgehead atoms. The predicted octanol–water partition coefficient (Wildman–Crippen LogP) is 2.44. The summed E-state index contributed by atoms with van der Waals surface area (Å²) in [5.41, 5.74) is 3.26. The van der Waals surface area contributed by atoms with Crippen LogP contribution in [-0.2, 0) is 4.74 Å². The van der Waals surface area contributed by atoms with E-state index >= 15 is 0 Å². The molecule has 0 aromatic rings. The summed E-state index contributed by atoms with van der Waals surface area (Å²) in [5.74, 6) is 0.888. The molecule has 64 valence electrons. The fourth-order valence-electron chi connectivity index (χ4n) is 3.13. The highest BCUT2D eigenvalue weighted by Crippen LogP contribution is 2.50. The summed E-state index contributed by atoms with van der Waals surface area (Å²) >= 11 is 0. The molecule has 0 N–H and O–H groups in total. The Labute approximate surface area is 73.1 Å². The average Bonchev–Trinajstić information content (AvgIpc) is 2.02. The third-order valence-electron chi connectivity index (χ3n) is 3.48. The molecule has 0 aromatic heterocycles. The molecule has 12 heavy (non-hydrogen) atoms. The highest BCUT2D eigenvalue weighted by atomic mass is 16.5. The van der Waals surface area contributed by atoms with Crippen LogP contribution >= 0.6 is 0 Å². The van der Waals surface area contributed by atoms with E-state index in [9.17, 15) is 0 Å². The number of rotatable bonds is 1. The van der Waals surface area contributed by atoms with Crippen molar-refractivity contribution in [3.05, 3.63) is 23.3 Å². The zero-order chi connectivity index (χ0) is 8.18. The maximum absolute atomic E-state index is 5.63. The van der Waals surface area contributed by atoms with Crippen LogP contribution in [0.2, 0.25) is 0 Å². The Bertz CT molecular complexity index is 287. The van der Waals surface area contributed by atoms with Crippen LogP contribution in [-0.4, -0.2) is 12.7 Å². The third kappa shape index (κ3) is 0.776. The Morgan fingerprint density at radius 2 is 2.42 bits per heavy atom. The first-order valence-corrected chi connectivity index (χ1v) is 4.76. The van der Waals surface area contributed by atoms with Gasteiger partial charge in [-0.15, -0.1) is 0 Å². The summed E-state index contributed by atoms with van der Waals surface area (Å²) in [4.78, 5) is 0. The van der Waals surface area contributed by atoms with Crippen LogP contribution in [0.5, 0.6) is 0 Å². The monoisotopic (exact) mass is 162 g/mol. The maximum atomic E-state index is 5.63. The molecule has 0 radical (unpaired) electrons. The second-order valence-electron chi connectivity index (χ2n) is 4.45. The number of allylic oxidation sites excluding steroid dienone is 2. The minimum absolute atomic E-state index is 0.112. The van der Waals surface area contributed by atoms with Gasteiger partial charge in [0.2, 0.25) is 0 Å². The van der Waals surface area contributed by atoms with Gasteiger partial charge < -0.3 is 4.74 Å². The summed E-state index contributed by atoms with van der Waals surface area (Å²) in [7, 11) is 1.85. The Morgan fingerprint density at radius 1 is 1.50 bits per heavy atom. The quantitative estimate of drug-likeness (QED) is 0.575. The molecular formula is C11H14O. The largest absolute Gasteiger partial charge is 0.374 e. The van der Waals surface area contributed by atoms with E-state index in [1.165, 1.54) is 24.8 Å². The second kappa shape index (κ2) is 2.02. The second-order valence-corrected chi connectivity index (χ2v) is 4.45. The molecule has 2 unspecified atom stereocenters. The van der Waals surface area contributed by atoms with Crippen molar-refractivity contribution in [1.29, 1.82) is 0 Å². The minimum atomic E-state index is 0.112. The summed E-state index contributed by atoms with van der Waals surface area (Å²) in [6.07, 6.45) is 9.78. The molecule has 0 amide bonds. The molecule has 0 spiro atoms. The highest BCUT2D eigenvalue weighted by Gasteiger charge is 2.42. The molecule has 2 atom stereocenters. The van der Waals surface area contributed by atoms with Gasteiger partial charge >= 0.3 is 0 Å². The van der Waals surface area contributed by atoms with Crippen LogP contribution in [0.25, 0.3) is 0 Å². The Balaban J connectivity index is 2.10. The predicted molar refractivity (Wildman–Crippen MR) is 47.9 cm³/mol. The van der Waals surface area contributed by atoms with Crippen molar-refractivity contribution in [1.82, 2.24) is 0 Å². The van der Waals surface area contributed by atoms with Gasteiger partial charge in [0, 0.05) is 13.5 Å². The first-order chi connectivity index (χ1) is 5.80. The van der Waals surface area contributed by atoms with E-state index in [-0.39, 0.29) is 5.60 Å². The topological polar surface area (TPSA) is 9.23 Å². The van der Waals surface area contributed by atoms with Gasteiger partial charge in [0.1, 0.15) is 0 Å². The van der Waals surface area contributed by atoms with Crippen molar-refractivity contribution in [3.63, 3.8) is 0 Å². The van der Waals surface area contributed by atoms with Crippen molar-refractivity contribution in [3.8, 4) is 0 Å². The smallest absolute Gasteiger partial charge is 0.0904 e. The van der Waals surface area contributed by atoms with E-state index in [1.54, 1.807) is 5.57 Å². The molecule has 1 heteroatoms. The van der Waals surface area contributed by atoms with Crippen LogP contribution in [0.1, 0.15) is 25.7 Å². The van der Waals surface area contributed by atoms with Gasteiger partial charge in [0.15, 0.2) is 0 Å². The first kappa shape index (κ1) is 6.90. The molecule has 0 aliphatic heterocycles. The normalized spacial score (nSPS) is 42.9. The van der Waals surface area contributed by atoms with Gasteiger partial charge in [0.25, 0.3) is 0 Å². The molecule has 4 aliphatic rings. The van der Waals surface area contributed by atoms with Crippen LogP contribution in [0.15, 0.2) is 23.3 Å². The van der Waals surface area contributed by atoms with Crippen molar-refractivity contribution < 1.29 is 4.74 Å². The fraction of sp³-hybridized carbons (Fsp3) is 0.636. The lowest BCUT2D eigenvalue weighted by Crippen LogP contribution is -2.41. The van der Waals surface area contributed by atoms with Gasteiger partial charge in [-0.05, 0) is 36.8 Å². The first-order valence-electron chi connectivity index (χ1n) is 4.76. The molecule has 4 rings (SSSR count). The summed E-state index contributed by atoms with van der Waals surface area (Å²) in [5, 5.41) is 0. The zero-order valence-electron chi connectivity index (χ0n) is 7.47. The van der Waals surface area contributed by atoms with Gasteiger partial charge in [-0.3, -0.25) is 0 Å².